The van der Waals surface area contributed by atoms with Gasteiger partial charge in [0.1, 0.15) is 11.6 Å². The molecule has 0 aliphatic rings. The first-order valence-corrected chi connectivity index (χ1v) is 7.23. The van der Waals surface area contributed by atoms with Gasteiger partial charge in [-0.3, -0.25) is 0 Å². The van der Waals surface area contributed by atoms with Gasteiger partial charge in [-0.25, -0.2) is 4.39 Å². The van der Waals surface area contributed by atoms with Crippen LogP contribution in [0, 0.1) is 5.82 Å². The molecule has 1 unspecified atom stereocenters. The average Bonchev–Trinajstić information content (AvgIpc) is 2.91. The largest absolute Gasteiger partial charge is 0.496 e. The van der Waals surface area contributed by atoms with Gasteiger partial charge in [-0.1, -0.05) is 6.07 Å². The lowest BCUT2D eigenvalue weighted by molar-refractivity contribution is 0.394. The van der Waals surface area contributed by atoms with E-state index in [1.807, 2.05) is 6.92 Å². The van der Waals surface area contributed by atoms with Gasteiger partial charge >= 0.3 is 0 Å². The van der Waals surface area contributed by atoms with Crippen LogP contribution in [0.5, 0.6) is 5.75 Å². The maximum Gasteiger partial charge on any atom is 0.131 e. The Bertz CT molecular complexity index is 513. The van der Waals surface area contributed by atoms with E-state index in [4.69, 9.17) is 4.74 Å². The molecule has 0 saturated heterocycles. The van der Waals surface area contributed by atoms with Crippen LogP contribution >= 0.6 is 11.3 Å². The minimum Gasteiger partial charge on any atom is -0.496 e. The summed E-state index contributed by atoms with van der Waals surface area (Å²) in [4.78, 5) is 0. The molecule has 1 aromatic heterocycles. The third kappa shape index (κ3) is 3.55. The Hall–Kier alpha value is -1.39. The van der Waals surface area contributed by atoms with Crippen molar-refractivity contribution in [3.63, 3.8) is 0 Å². The van der Waals surface area contributed by atoms with Crippen LogP contribution in [-0.4, -0.2) is 13.7 Å². The molecule has 2 nitrogen and oxygen atoms in total. The Kier molecular flexibility index (Phi) is 4.93. The van der Waals surface area contributed by atoms with E-state index < -0.39 is 0 Å². The Morgan fingerprint density at radius 3 is 2.89 bits per heavy atom. The zero-order valence-electron chi connectivity index (χ0n) is 11.2. The number of ether oxygens (including phenoxy) is 1. The second-order valence-corrected chi connectivity index (χ2v) is 5.19. The number of methoxy groups -OCH3 is 1. The summed E-state index contributed by atoms with van der Waals surface area (Å²) in [5.41, 5.74) is 1.90. The first-order valence-electron chi connectivity index (χ1n) is 6.29. The van der Waals surface area contributed by atoms with E-state index >= 15 is 0 Å². The molecule has 0 radical (unpaired) electrons. The predicted octanol–water partition coefficient (Wildman–Crippen LogP) is 3.79. The van der Waals surface area contributed by atoms with Crippen LogP contribution < -0.4 is 10.1 Å². The smallest absolute Gasteiger partial charge is 0.131 e. The van der Waals surface area contributed by atoms with E-state index in [0.717, 1.165) is 13.0 Å². The fraction of sp³-hybridized carbons (Fsp3) is 0.333. The SMILES string of the molecule is COc1cccc(F)c1C(C)NCCc1ccsc1. The minimum absolute atomic E-state index is 0.0743. The predicted molar refractivity (Wildman–Crippen MR) is 77.4 cm³/mol. The molecule has 1 atom stereocenters. The first kappa shape index (κ1) is 14.0. The Balaban J connectivity index is 1.97. The lowest BCUT2D eigenvalue weighted by Gasteiger charge is -2.17. The number of thiophene rings is 1. The number of halogens is 1. The van der Waals surface area contributed by atoms with Crippen LogP contribution in [0.25, 0.3) is 0 Å². The van der Waals surface area contributed by atoms with Crippen LogP contribution in [0.4, 0.5) is 4.39 Å². The molecule has 1 N–H and O–H groups in total. The van der Waals surface area contributed by atoms with E-state index in [1.165, 1.54) is 11.6 Å². The van der Waals surface area contributed by atoms with E-state index in [1.54, 1.807) is 30.6 Å². The molecule has 19 heavy (non-hydrogen) atoms. The summed E-state index contributed by atoms with van der Waals surface area (Å²) in [6.07, 6.45) is 0.949. The van der Waals surface area contributed by atoms with E-state index in [0.29, 0.717) is 11.3 Å². The zero-order valence-corrected chi connectivity index (χ0v) is 12.0. The molecular formula is C15H18FNOS. The monoisotopic (exact) mass is 279 g/mol. The quantitative estimate of drug-likeness (QED) is 0.868. The third-order valence-corrected chi connectivity index (χ3v) is 3.84. The molecule has 2 rings (SSSR count). The van der Waals surface area contributed by atoms with Crippen molar-refractivity contribution in [1.29, 1.82) is 0 Å². The highest BCUT2D eigenvalue weighted by atomic mass is 32.1. The second kappa shape index (κ2) is 6.68. The highest BCUT2D eigenvalue weighted by Crippen LogP contribution is 2.27. The molecule has 0 bridgehead atoms. The van der Waals surface area contributed by atoms with Crippen LogP contribution in [0.15, 0.2) is 35.0 Å². The van der Waals surface area contributed by atoms with Gasteiger partial charge in [0.2, 0.25) is 0 Å². The summed E-state index contributed by atoms with van der Waals surface area (Å²) in [6, 6.07) is 6.95. The van der Waals surface area contributed by atoms with Crippen LogP contribution in [0.2, 0.25) is 0 Å². The molecule has 0 spiro atoms. The van der Waals surface area contributed by atoms with Gasteiger partial charge in [0.25, 0.3) is 0 Å². The summed E-state index contributed by atoms with van der Waals surface area (Å²) in [6.45, 7) is 2.77. The normalized spacial score (nSPS) is 12.4. The van der Waals surface area contributed by atoms with Crippen molar-refractivity contribution in [2.24, 2.45) is 0 Å². The van der Waals surface area contributed by atoms with Crippen molar-refractivity contribution in [1.82, 2.24) is 5.32 Å². The summed E-state index contributed by atoms with van der Waals surface area (Å²) >= 11 is 1.70. The molecule has 102 valence electrons. The zero-order chi connectivity index (χ0) is 13.7. The van der Waals surface area contributed by atoms with Crippen molar-refractivity contribution >= 4 is 11.3 Å². The molecule has 0 aliphatic carbocycles. The fourth-order valence-electron chi connectivity index (χ4n) is 2.09. The molecule has 1 heterocycles. The highest BCUT2D eigenvalue weighted by Gasteiger charge is 2.15. The Labute approximate surface area is 117 Å². The third-order valence-electron chi connectivity index (χ3n) is 3.11. The number of benzene rings is 1. The summed E-state index contributed by atoms with van der Waals surface area (Å²) in [5.74, 6) is 0.366. The summed E-state index contributed by atoms with van der Waals surface area (Å²) in [5, 5.41) is 7.54. The lowest BCUT2D eigenvalue weighted by Crippen LogP contribution is -2.22. The second-order valence-electron chi connectivity index (χ2n) is 4.41. The number of hydrogen-bond donors (Lipinski definition) is 1. The number of nitrogens with one attached hydrogen (secondary N) is 1. The molecule has 0 fully saturated rings. The molecule has 1 aromatic carbocycles. The molecule has 0 saturated carbocycles. The van der Waals surface area contributed by atoms with Crippen molar-refractivity contribution in [3.05, 3.63) is 52.0 Å². The van der Waals surface area contributed by atoms with Crippen molar-refractivity contribution in [3.8, 4) is 5.75 Å². The molecule has 4 heteroatoms. The van der Waals surface area contributed by atoms with E-state index in [2.05, 4.69) is 22.1 Å². The van der Waals surface area contributed by atoms with E-state index in [-0.39, 0.29) is 11.9 Å². The van der Waals surface area contributed by atoms with Crippen molar-refractivity contribution in [2.45, 2.75) is 19.4 Å². The van der Waals surface area contributed by atoms with Gasteiger partial charge < -0.3 is 10.1 Å². The lowest BCUT2D eigenvalue weighted by atomic mass is 10.1. The summed E-state index contributed by atoms with van der Waals surface area (Å²) in [7, 11) is 1.57. The molecular weight excluding hydrogens is 261 g/mol. The van der Waals surface area contributed by atoms with Gasteiger partial charge in [-0.2, -0.15) is 11.3 Å². The average molecular weight is 279 g/mol. The maximum absolute atomic E-state index is 13.9. The van der Waals surface area contributed by atoms with Gasteiger partial charge in [0, 0.05) is 11.6 Å². The minimum atomic E-state index is -0.227. The Morgan fingerprint density at radius 1 is 1.37 bits per heavy atom. The molecule has 0 amide bonds. The van der Waals surface area contributed by atoms with Crippen molar-refractivity contribution in [2.75, 3.05) is 13.7 Å². The van der Waals surface area contributed by atoms with Gasteiger partial charge in [-0.15, -0.1) is 0 Å². The summed E-state index contributed by atoms with van der Waals surface area (Å²) < 4.78 is 19.1. The Morgan fingerprint density at radius 2 is 2.21 bits per heavy atom. The van der Waals surface area contributed by atoms with Gasteiger partial charge in [-0.05, 0) is 54.4 Å². The topological polar surface area (TPSA) is 21.3 Å². The van der Waals surface area contributed by atoms with Crippen LogP contribution in [0.3, 0.4) is 0 Å². The standard InChI is InChI=1S/C15H18FNOS/c1-11(17-8-6-12-7-9-19-10-12)15-13(16)4-3-5-14(15)18-2/h3-5,7,9-11,17H,6,8H2,1-2H3. The van der Waals surface area contributed by atoms with Crippen LogP contribution in [-0.2, 0) is 6.42 Å². The fourth-order valence-corrected chi connectivity index (χ4v) is 2.79. The highest BCUT2D eigenvalue weighted by molar-refractivity contribution is 7.07. The first-order chi connectivity index (χ1) is 9.22. The molecule has 2 aromatic rings. The number of rotatable bonds is 6. The molecule has 0 aliphatic heterocycles. The van der Waals surface area contributed by atoms with Gasteiger partial charge in [0.15, 0.2) is 0 Å². The number of hydrogen-bond acceptors (Lipinski definition) is 3. The van der Waals surface area contributed by atoms with Crippen molar-refractivity contribution < 1.29 is 9.13 Å². The van der Waals surface area contributed by atoms with Crippen LogP contribution in [0.1, 0.15) is 24.1 Å². The van der Waals surface area contributed by atoms with E-state index in [9.17, 15) is 4.39 Å². The van der Waals surface area contributed by atoms with Gasteiger partial charge in [0.05, 0.1) is 7.11 Å². The maximum atomic E-state index is 13.9.